The number of hydrogen-bond acceptors (Lipinski definition) is 1. The molecular weight excluding hydrogens is 198 g/mol. The van der Waals surface area contributed by atoms with Crippen LogP contribution in [-0.4, -0.2) is 5.91 Å². The molecule has 2 aromatic rings. The third-order valence-electron chi connectivity index (χ3n) is 3.12. The Bertz CT molecular complexity index is 587. The first-order valence-electron chi connectivity index (χ1n) is 5.27. The van der Waals surface area contributed by atoms with Crippen molar-refractivity contribution in [2.24, 2.45) is 5.73 Å². The zero-order chi connectivity index (χ0) is 11.1. The molecule has 0 saturated carbocycles. The van der Waals surface area contributed by atoms with Gasteiger partial charge in [-0.15, -0.1) is 0 Å². The average Bonchev–Trinajstić information content (AvgIpc) is 2.67. The summed E-state index contributed by atoms with van der Waals surface area (Å²) >= 11 is 0. The first-order chi connectivity index (χ1) is 7.77. The molecule has 2 N–H and O–H groups in total. The van der Waals surface area contributed by atoms with E-state index in [9.17, 15) is 4.79 Å². The molecule has 2 nitrogen and oxygen atoms in total. The molecule has 0 aromatic heterocycles. The van der Waals surface area contributed by atoms with Crippen molar-refractivity contribution in [3.63, 3.8) is 0 Å². The molecule has 0 saturated heterocycles. The van der Waals surface area contributed by atoms with Crippen LogP contribution in [0.15, 0.2) is 42.5 Å². The minimum Gasteiger partial charge on any atom is -0.366 e. The predicted molar refractivity (Wildman–Crippen MR) is 63.2 cm³/mol. The topological polar surface area (TPSA) is 43.1 Å². The SMILES string of the molecule is NC(=O)c1cccc2c1Cc1ccccc1-2. The Morgan fingerprint density at radius 3 is 2.56 bits per heavy atom. The second-order valence-corrected chi connectivity index (χ2v) is 4.03. The molecule has 0 bridgehead atoms. The van der Waals surface area contributed by atoms with Gasteiger partial charge in [-0.3, -0.25) is 4.79 Å². The van der Waals surface area contributed by atoms with Crippen LogP contribution in [0.5, 0.6) is 0 Å². The fraction of sp³-hybridized carbons (Fsp3) is 0.0714. The molecule has 78 valence electrons. The van der Waals surface area contributed by atoms with Crippen LogP contribution in [0.3, 0.4) is 0 Å². The number of nitrogens with two attached hydrogens (primary N) is 1. The van der Waals surface area contributed by atoms with E-state index < -0.39 is 0 Å². The fourth-order valence-corrected chi connectivity index (χ4v) is 2.39. The zero-order valence-corrected chi connectivity index (χ0v) is 8.73. The van der Waals surface area contributed by atoms with Crippen molar-refractivity contribution in [2.45, 2.75) is 6.42 Å². The van der Waals surface area contributed by atoms with Crippen molar-refractivity contribution in [1.29, 1.82) is 0 Å². The predicted octanol–water partition coefficient (Wildman–Crippen LogP) is 2.36. The van der Waals surface area contributed by atoms with Crippen molar-refractivity contribution in [3.8, 4) is 11.1 Å². The first-order valence-corrected chi connectivity index (χ1v) is 5.27. The number of benzene rings is 2. The third kappa shape index (κ3) is 1.16. The van der Waals surface area contributed by atoms with E-state index in [1.807, 2.05) is 24.3 Å². The molecule has 3 rings (SSSR count). The van der Waals surface area contributed by atoms with Crippen molar-refractivity contribution >= 4 is 5.91 Å². The lowest BCUT2D eigenvalue weighted by atomic mass is 10.0. The van der Waals surface area contributed by atoms with Gasteiger partial charge in [0.15, 0.2) is 0 Å². The summed E-state index contributed by atoms with van der Waals surface area (Å²) < 4.78 is 0. The summed E-state index contributed by atoms with van der Waals surface area (Å²) in [6.07, 6.45) is 0.810. The van der Waals surface area contributed by atoms with E-state index in [2.05, 4.69) is 12.1 Å². The fourth-order valence-electron chi connectivity index (χ4n) is 2.39. The number of carbonyl (C=O) groups excluding carboxylic acids is 1. The van der Waals surface area contributed by atoms with Crippen LogP contribution in [0.4, 0.5) is 0 Å². The number of fused-ring (bicyclic) bond motifs is 3. The Morgan fingerprint density at radius 1 is 1.00 bits per heavy atom. The van der Waals surface area contributed by atoms with Crippen LogP contribution >= 0.6 is 0 Å². The van der Waals surface area contributed by atoms with Crippen molar-refractivity contribution in [3.05, 3.63) is 59.2 Å². The van der Waals surface area contributed by atoms with Crippen molar-refractivity contribution in [2.75, 3.05) is 0 Å². The van der Waals surface area contributed by atoms with Crippen LogP contribution < -0.4 is 5.73 Å². The molecule has 2 aromatic carbocycles. The second kappa shape index (κ2) is 3.20. The Kier molecular flexibility index (Phi) is 1.83. The number of carbonyl (C=O) groups is 1. The van der Waals surface area contributed by atoms with Crippen LogP contribution in [0.1, 0.15) is 21.5 Å². The highest BCUT2D eigenvalue weighted by Gasteiger charge is 2.21. The lowest BCUT2D eigenvalue weighted by molar-refractivity contribution is 0.0999. The minimum absolute atomic E-state index is 0.343. The maximum absolute atomic E-state index is 11.3. The highest BCUT2D eigenvalue weighted by atomic mass is 16.1. The highest BCUT2D eigenvalue weighted by Crippen LogP contribution is 2.37. The average molecular weight is 209 g/mol. The molecule has 0 spiro atoms. The molecule has 1 aliphatic rings. The van der Waals surface area contributed by atoms with Crippen molar-refractivity contribution in [1.82, 2.24) is 0 Å². The maximum Gasteiger partial charge on any atom is 0.249 e. The van der Waals surface area contributed by atoms with Gasteiger partial charge in [0, 0.05) is 5.56 Å². The van der Waals surface area contributed by atoms with Gasteiger partial charge in [0.05, 0.1) is 0 Å². The van der Waals surface area contributed by atoms with E-state index in [0.29, 0.717) is 5.56 Å². The maximum atomic E-state index is 11.3. The second-order valence-electron chi connectivity index (χ2n) is 4.03. The van der Waals surface area contributed by atoms with Crippen LogP contribution in [0.2, 0.25) is 0 Å². The van der Waals surface area contributed by atoms with Crippen LogP contribution in [0, 0.1) is 0 Å². The van der Waals surface area contributed by atoms with E-state index in [-0.39, 0.29) is 5.91 Å². The Hall–Kier alpha value is -2.09. The summed E-state index contributed by atoms with van der Waals surface area (Å²) in [7, 11) is 0. The van der Waals surface area contributed by atoms with Crippen LogP contribution in [-0.2, 0) is 6.42 Å². The molecule has 1 aliphatic carbocycles. The molecule has 16 heavy (non-hydrogen) atoms. The van der Waals surface area contributed by atoms with E-state index in [0.717, 1.165) is 17.5 Å². The molecular formula is C14H11NO. The number of amides is 1. The normalized spacial score (nSPS) is 12.0. The summed E-state index contributed by atoms with van der Waals surface area (Å²) in [5.41, 5.74) is 10.7. The number of rotatable bonds is 1. The Balaban J connectivity index is 2.28. The highest BCUT2D eigenvalue weighted by molar-refractivity contribution is 5.97. The monoisotopic (exact) mass is 209 g/mol. The number of hydrogen-bond donors (Lipinski definition) is 1. The molecule has 2 heteroatoms. The van der Waals surface area contributed by atoms with Crippen LogP contribution in [0.25, 0.3) is 11.1 Å². The van der Waals surface area contributed by atoms with Gasteiger partial charge < -0.3 is 5.73 Å². The molecule has 0 heterocycles. The summed E-state index contributed by atoms with van der Waals surface area (Å²) in [5, 5.41) is 0. The summed E-state index contributed by atoms with van der Waals surface area (Å²) in [6, 6.07) is 14.0. The van der Waals surface area contributed by atoms with Gasteiger partial charge in [0.25, 0.3) is 0 Å². The van der Waals surface area contributed by atoms with Gasteiger partial charge in [-0.1, -0.05) is 36.4 Å². The van der Waals surface area contributed by atoms with Crippen molar-refractivity contribution < 1.29 is 4.79 Å². The van der Waals surface area contributed by atoms with Gasteiger partial charge >= 0.3 is 0 Å². The molecule has 1 amide bonds. The van der Waals surface area contributed by atoms with E-state index in [1.54, 1.807) is 6.07 Å². The molecule has 0 radical (unpaired) electrons. The summed E-state index contributed by atoms with van der Waals surface area (Å²) in [4.78, 5) is 11.3. The zero-order valence-electron chi connectivity index (χ0n) is 8.73. The molecule has 0 aliphatic heterocycles. The number of primary amides is 1. The first kappa shape index (κ1) is 9.16. The summed E-state index contributed by atoms with van der Waals surface area (Å²) in [6.45, 7) is 0. The Labute approximate surface area is 93.7 Å². The quantitative estimate of drug-likeness (QED) is 0.656. The molecule has 0 fully saturated rings. The van der Waals surface area contributed by atoms with Gasteiger partial charge in [0.2, 0.25) is 5.91 Å². The van der Waals surface area contributed by atoms with Gasteiger partial charge in [-0.2, -0.15) is 0 Å². The van der Waals surface area contributed by atoms with Gasteiger partial charge in [0.1, 0.15) is 0 Å². The molecule has 0 atom stereocenters. The lowest BCUT2D eigenvalue weighted by Gasteiger charge is -2.04. The van der Waals surface area contributed by atoms with E-state index in [4.69, 9.17) is 5.73 Å². The Morgan fingerprint density at radius 2 is 1.75 bits per heavy atom. The lowest BCUT2D eigenvalue weighted by Crippen LogP contribution is -2.13. The minimum atomic E-state index is -0.343. The molecule has 0 unspecified atom stereocenters. The smallest absolute Gasteiger partial charge is 0.249 e. The standard InChI is InChI=1S/C14H11NO/c15-14(16)12-7-3-6-11-10-5-2-1-4-9(10)8-13(11)12/h1-7H,8H2,(H2,15,16). The van der Waals surface area contributed by atoms with E-state index >= 15 is 0 Å². The van der Waals surface area contributed by atoms with E-state index in [1.165, 1.54) is 11.1 Å². The van der Waals surface area contributed by atoms with Gasteiger partial charge in [-0.25, -0.2) is 0 Å². The largest absolute Gasteiger partial charge is 0.366 e. The third-order valence-corrected chi connectivity index (χ3v) is 3.12. The summed E-state index contributed by atoms with van der Waals surface area (Å²) in [5.74, 6) is -0.343. The van der Waals surface area contributed by atoms with Gasteiger partial charge in [-0.05, 0) is 34.7 Å².